The number of hydrogen-bond acceptors (Lipinski definition) is 6. The number of aromatic nitrogens is 4. The first-order valence-corrected chi connectivity index (χ1v) is 9.11. The molecule has 128 valence electrons. The van der Waals surface area contributed by atoms with Crippen molar-refractivity contribution in [3.63, 3.8) is 0 Å². The molecular formula is C18H11Cl2N5S. The number of nitrogens with zero attached hydrogens (tertiary/aromatic N) is 4. The molecule has 0 radical (unpaired) electrons. The Morgan fingerprint density at radius 3 is 2.65 bits per heavy atom. The van der Waals surface area contributed by atoms with Crippen molar-refractivity contribution in [2.24, 2.45) is 0 Å². The molecule has 0 atom stereocenters. The van der Waals surface area contributed by atoms with Crippen molar-refractivity contribution < 1.29 is 0 Å². The molecule has 0 saturated heterocycles. The van der Waals surface area contributed by atoms with Gasteiger partial charge in [0.1, 0.15) is 11.5 Å². The van der Waals surface area contributed by atoms with Crippen molar-refractivity contribution in [2.45, 2.75) is 0 Å². The molecule has 2 N–H and O–H groups in total. The average Bonchev–Trinajstić information content (AvgIpc) is 3.14. The van der Waals surface area contributed by atoms with Crippen LogP contribution in [0.2, 0.25) is 10.0 Å². The van der Waals surface area contributed by atoms with E-state index >= 15 is 0 Å². The highest BCUT2D eigenvalue weighted by atomic mass is 35.5. The molecule has 0 aliphatic rings. The Morgan fingerprint density at radius 2 is 1.85 bits per heavy atom. The lowest BCUT2D eigenvalue weighted by Gasteiger charge is -2.09. The maximum Gasteiger partial charge on any atom is 0.132 e. The molecule has 0 fully saturated rings. The van der Waals surface area contributed by atoms with Crippen molar-refractivity contribution in [1.29, 1.82) is 0 Å². The lowest BCUT2D eigenvalue weighted by molar-refractivity contribution is 1.16. The summed E-state index contributed by atoms with van der Waals surface area (Å²) in [6.07, 6.45) is 5.20. The van der Waals surface area contributed by atoms with Crippen LogP contribution in [0, 0.1) is 0 Å². The molecule has 0 aliphatic heterocycles. The Balaban J connectivity index is 1.88. The molecule has 0 amide bonds. The zero-order valence-electron chi connectivity index (χ0n) is 13.2. The summed E-state index contributed by atoms with van der Waals surface area (Å²) < 4.78 is 4.08. The van der Waals surface area contributed by atoms with Gasteiger partial charge in [0.25, 0.3) is 0 Å². The highest BCUT2D eigenvalue weighted by molar-refractivity contribution is 7.10. The monoisotopic (exact) mass is 399 g/mol. The van der Waals surface area contributed by atoms with Gasteiger partial charge in [-0.25, -0.2) is 4.98 Å². The van der Waals surface area contributed by atoms with Crippen LogP contribution in [-0.2, 0) is 0 Å². The van der Waals surface area contributed by atoms with Crippen molar-refractivity contribution >= 4 is 40.6 Å². The topological polar surface area (TPSA) is 77.6 Å². The van der Waals surface area contributed by atoms with Crippen LogP contribution in [0.3, 0.4) is 0 Å². The van der Waals surface area contributed by atoms with Gasteiger partial charge in [0, 0.05) is 40.8 Å². The van der Waals surface area contributed by atoms with Gasteiger partial charge in [-0.05, 0) is 29.7 Å². The summed E-state index contributed by atoms with van der Waals surface area (Å²) in [5, 5.41) is 5.19. The smallest absolute Gasteiger partial charge is 0.132 e. The largest absolute Gasteiger partial charge is 0.383 e. The molecule has 3 heterocycles. The maximum atomic E-state index is 6.38. The fraction of sp³-hybridized carbons (Fsp3) is 0. The SMILES string of the molecule is Nc1ncc(-c2cccnc2)cc1-c1nnsc1-c1cccc(Cl)c1Cl. The average molecular weight is 400 g/mol. The molecule has 0 bridgehead atoms. The van der Waals surface area contributed by atoms with Gasteiger partial charge >= 0.3 is 0 Å². The zero-order chi connectivity index (χ0) is 18.1. The van der Waals surface area contributed by atoms with Crippen LogP contribution in [0.25, 0.3) is 32.8 Å². The van der Waals surface area contributed by atoms with Crippen LogP contribution in [0.15, 0.2) is 55.0 Å². The first kappa shape index (κ1) is 16.9. The molecular weight excluding hydrogens is 389 g/mol. The Labute approximate surface area is 163 Å². The molecule has 4 aromatic rings. The maximum absolute atomic E-state index is 6.38. The molecule has 0 aliphatic carbocycles. The van der Waals surface area contributed by atoms with E-state index in [2.05, 4.69) is 19.6 Å². The second-order valence-electron chi connectivity index (χ2n) is 5.45. The number of benzene rings is 1. The quantitative estimate of drug-likeness (QED) is 0.510. The van der Waals surface area contributed by atoms with Gasteiger partial charge in [-0.15, -0.1) is 5.10 Å². The molecule has 0 spiro atoms. The highest BCUT2D eigenvalue weighted by Crippen LogP contribution is 2.41. The predicted molar refractivity (Wildman–Crippen MR) is 106 cm³/mol. The van der Waals surface area contributed by atoms with Crippen LogP contribution in [0.4, 0.5) is 5.82 Å². The summed E-state index contributed by atoms with van der Waals surface area (Å²) in [5.74, 6) is 0.366. The third-order valence-corrected chi connectivity index (χ3v) is 5.43. The first-order valence-electron chi connectivity index (χ1n) is 7.58. The summed E-state index contributed by atoms with van der Waals surface area (Å²) in [6.45, 7) is 0. The molecule has 26 heavy (non-hydrogen) atoms. The lowest BCUT2D eigenvalue weighted by Crippen LogP contribution is -1.96. The molecule has 1 aromatic carbocycles. The van der Waals surface area contributed by atoms with Gasteiger partial charge in [-0.3, -0.25) is 4.98 Å². The predicted octanol–water partition coefficient (Wildman–Crippen LogP) is 5.22. The zero-order valence-corrected chi connectivity index (χ0v) is 15.6. The van der Waals surface area contributed by atoms with E-state index < -0.39 is 0 Å². The van der Waals surface area contributed by atoms with E-state index in [4.69, 9.17) is 28.9 Å². The van der Waals surface area contributed by atoms with E-state index in [0.29, 0.717) is 27.1 Å². The number of anilines is 1. The lowest BCUT2D eigenvalue weighted by atomic mass is 10.0. The minimum Gasteiger partial charge on any atom is -0.383 e. The summed E-state index contributed by atoms with van der Waals surface area (Å²) >= 11 is 13.8. The standard InChI is InChI=1S/C18H11Cl2N5S/c19-14-5-1-4-12(15(14)20)17-16(24-25-26-17)13-7-11(9-23-18(13)21)10-3-2-6-22-8-10/h1-9H,(H2,21,23). The van der Waals surface area contributed by atoms with Crippen molar-refractivity contribution in [3.05, 3.63) is 65.0 Å². The summed E-state index contributed by atoms with van der Waals surface area (Å²) in [4.78, 5) is 9.25. The third-order valence-electron chi connectivity index (χ3n) is 3.85. The summed E-state index contributed by atoms with van der Waals surface area (Å²) in [7, 11) is 0. The molecule has 0 saturated carbocycles. The van der Waals surface area contributed by atoms with Gasteiger partial charge in [-0.2, -0.15) is 0 Å². The van der Waals surface area contributed by atoms with Gasteiger partial charge < -0.3 is 5.73 Å². The number of rotatable bonds is 3. The van der Waals surface area contributed by atoms with E-state index in [0.717, 1.165) is 21.6 Å². The fourth-order valence-electron chi connectivity index (χ4n) is 2.58. The van der Waals surface area contributed by atoms with E-state index in [1.165, 1.54) is 11.5 Å². The van der Waals surface area contributed by atoms with Crippen LogP contribution < -0.4 is 5.73 Å². The fourth-order valence-corrected chi connectivity index (χ4v) is 3.74. The van der Waals surface area contributed by atoms with Crippen molar-refractivity contribution in [2.75, 3.05) is 5.73 Å². The normalized spacial score (nSPS) is 10.8. The van der Waals surface area contributed by atoms with Gasteiger partial charge in [0.05, 0.1) is 14.9 Å². The number of nitrogen functional groups attached to an aromatic ring is 1. The molecule has 4 rings (SSSR count). The van der Waals surface area contributed by atoms with E-state index in [-0.39, 0.29) is 0 Å². The first-order chi connectivity index (χ1) is 12.6. The van der Waals surface area contributed by atoms with E-state index in [9.17, 15) is 0 Å². The molecule has 3 aromatic heterocycles. The van der Waals surface area contributed by atoms with Gasteiger partial charge in [0.15, 0.2) is 0 Å². The minimum atomic E-state index is 0.366. The number of hydrogen-bond donors (Lipinski definition) is 1. The van der Waals surface area contributed by atoms with Crippen molar-refractivity contribution in [3.8, 4) is 32.8 Å². The number of nitrogens with two attached hydrogens (primary N) is 1. The summed E-state index contributed by atoms with van der Waals surface area (Å²) in [6, 6.07) is 11.2. The molecule has 0 unspecified atom stereocenters. The van der Waals surface area contributed by atoms with Crippen LogP contribution in [-0.4, -0.2) is 19.6 Å². The second kappa shape index (κ2) is 6.99. The molecule has 8 heteroatoms. The number of pyridine rings is 2. The van der Waals surface area contributed by atoms with Gasteiger partial charge in [0.2, 0.25) is 0 Å². The molecule has 5 nitrogen and oxygen atoms in total. The third kappa shape index (κ3) is 3.03. The Bertz CT molecular complexity index is 1080. The number of halogens is 2. The van der Waals surface area contributed by atoms with Crippen molar-refractivity contribution in [1.82, 2.24) is 19.6 Å². The van der Waals surface area contributed by atoms with Crippen LogP contribution in [0.5, 0.6) is 0 Å². The second-order valence-corrected chi connectivity index (χ2v) is 6.99. The highest BCUT2D eigenvalue weighted by Gasteiger charge is 2.19. The van der Waals surface area contributed by atoms with Crippen LogP contribution in [0.1, 0.15) is 0 Å². The Morgan fingerprint density at radius 1 is 0.962 bits per heavy atom. The Kier molecular flexibility index (Phi) is 4.55. The van der Waals surface area contributed by atoms with Crippen LogP contribution >= 0.6 is 34.7 Å². The van der Waals surface area contributed by atoms with E-state index in [1.54, 1.807) is 24.7 Å². The minimum absolute atomic E-state index is 0.366. The van der Waals surface area contributed by atoms with E-state index in [1.807, 2.05) is 30.3 Å². The Hall–Kier alpha value is -2.54. The van der Waals surface area contributed by atoms with Gasteiger partial charge in [-0.1, -0.05) is 45.9 Å². The summed E-state index contributed by atoms with van der Waals surface area (Å²) in [5.41, 5.74) is 10.0.